The van der Waals surface area contributed by atoms with Crippen LogP contribution in [0.2, 0.25) is 0 Å². The van der Waals surface area contributed by atoms with Gasteiger partial charge in [0, 0.05) is 6.04 Å². The van der Waals surface area contributed by atoms with Crippen LogP contribution in [0.5, 0.6) is 0 Å². The molecule has 0 aromatic carbocycles. The van der Waals surface area contributed by atoms with Crippen LogP contribution in [0, 0.1) is 6.92 Å². The van der Waals surface area contributed by atoms with Gasteiger partial charge in [0.2, 0.25) is 0 Å². The molecule has 0 saturated carbocycles. The molecule has 1 heterocycles. The molecule has 1 rings (SSSR count). The Kier molecular flexibility index (Phi) is 5.95. The Morgan fingerprint density at radius 2 is 2.25 bits per heavy atom. The van der Waals surface area contributed by atoms with E-state index in [1.54, 1.807) is 11.8 Å². The molecule has 0 fully saturated rings. The molecule has 1 aromatic heterocycles. The summed E-state index contributed by atoms with van der Waals surface area (Å²) < 4.78 is 5.55. The van der Waals surface area contributed by atoms with Crippen molar-refractivity contribution in [2.45, 2.75) is 32.4 Å². The first-order valence-corrected chi connectivity index (χ1v) is 6.99. The molecule has 0 aliphatic rings. The highest BCUT2D eigenvalue weighted by atomic mass is 32.2. The summed E-state index contributed by atoms with van der Waals surface area (Å²) in [6.07, 6.45) is 3.05. The molecule has 16 heavy (non-hydrogen) atoms. The monoisotopic (exact) mass is 243 g/mol. The molecular weight excluding hydrogens is 222 g/mol. The van der Waals surface area contributed by atoms with E-state index in [1.807, 2.05) is 19.1 Å². The molecule has 0 bridgehead atoms. The fourth-order valence-electron chi connectivity index (χ4n) is 1.61. The van der Waals surface area contributed by atoms with E-state index in [0.717, 1.165) is 23.7 Å². The fraction of sp³-hybridized carbons (Fsp3) is 0.667. The summed E-state index contributed by atoms with van der Waals surface area (Å²) in [4.78, 5) is 0. The molecule has 1 aromatic rings. The third-order valence-corrected chi connectivity index (χ3v) is 3.21. The summed E-state index contributed by atoms with van der Waals surface area (Å²) in [6, 6.07) is 4.24. The minimum absolute atomic E-state index is 0.146. The number of hydrogen-bond acceptors (Lipinski definition) is 4. The number of hydrogen-bond donors (Lipinski definition) is 2. The first kappa shape index (κ1) is 13.6. The van der Waals surface area contributed by atoms with Crippen molar-refractivity contribution in [3.05, 3.63) is 23.7 Å². The smallest absolute Gasteiger partial charge is 0.120 e. The summed E-state index contributed by atoms with van der Waals surface area (Å²) in [7, 11) is 0. The number of aliphatic hydroxyl groups is 1. The van der Waals surface area contributed by atoms with Crippen molar-refractivity contribution in [2.24, 2.45) is 0 Å². The summed E-state index contributed by atoms with van der Waals surface area (Å²) >= 11 is 1.80. The lowest BCUT2D eigenvalue weighted by atomic mass is 10.2. The minimum atomic E-state index is 0.146. The van der Waals surface area contributed by atoms with E-state index in [9.17, 15) is 5.11 Å². The number of furan rings is 1. The highest BCUT2D eigenvalue weighted by molar-refractivity contribution is 7.98. The van der Waals surface area contributed by atoms with Crippen LogP contribution >= 0.6 is 11.8 Å². The van der Waals surface area contributed by atoms with Crippen molar-refractivity contribution < 1.29 is 9.52 Å². The van der Waals surface area contributed by atoms with Gasteiger partial charge in [-0.2, -0.15) is 11.8 Å². The number of rotatable bonds is 7. The zero-order chi connectivity index (χ0) is 12.0. The number of aryl methyl sites for hydroxylation is 1. The lowest BCUT2D eigenvalue weighted by Crippen LogP contribution is -2.34. The molecule has 0 aliphatic heterocycles. The second-order valence-corrected chi connectivity index (χ2v) is 4.98. The lowest BCUT2D eigenvalue weighted by molar-refractivity contribution is 0.225. The van der Waals surface area contributed by atoms with Gasteiger partial charge in [0.25, 0.3) is 0 Å². The van der Waals surface area contributed by atoms with Crippen LogP contribution in [-0.4, -0.2) is 29.8 Å². The fourth-order valence-corrected chi connectivity index (χ4v) is 2.13. The molecule has 92 valence electrons. The van der Waals surface area contributed by atoms with Crippen LogP contribution in [-0.2, 0) is 0 Å². The van der Waals surface area contributed by atoms with Gasteiger partial charge in [-0.15, -0.1) is 0 Å². The van der Waals surface area contributed by atoms with E-state index < -0.39 is 0 Å². The molecule has 2 N–H and O–H groups in total. The van der Waals surface area contributed by atoms with Crippen LogP contribution in [0.3, 0.4) is 0 Å². The van der Waals surface area contributed by atoms with Gasteiger partial charge >= 0.3 is 0 Å². The Balaban J connectivity index is 2.45. The largest absolute Gasteiger partial charge is 0.465 e. The van der Waals surface area contributed by atoms with Gasteiger partial charge in [-0.25, -0.2) is 0 Å². The van der Waals surface area contributed by atoms with Gasteiger partial charge in [0.05, 0.1) is 12.6 Å². The standard InChI is InChI=1S/C12H21NO2S/c1-9-4-5-12(15-9)10(2)13-11(8-14)6-7-16-3/h4-5,10-11,13-14H,6-8H2,1-3H3. The third kappa shape index (κ3) is 4.20. The maximum Gasteiger partial charge on any atom is 0.120 e. The first-order valence-electron chi connectivity index (χ1n) is 5.59. The molecular formula is C12H21NO2S. The quantitative estimate of drug-likeness (QED) is 0.771. The number of nitrogens with one attached hydrogen (secondary N) is 1. The number of aliphatic hydroxyl groups excluding tert-OH is 1. The zero-order valence-electron chi connectivity index (χ0n) is 10.2. The van der Waals surface area contributed by atoms with Crippen molar-refractivity contribution in [1.82, 2.24) is 5.32 Å². The average Bonchev–Trinajstić information content (AvgIpc) is 2.70. The van der Waals surface area contributed by atoms with E-state index in [1.165, 1.54) is 0 Å². The van der Waals surface area contributed by atoms with E-state index in [-0.39, 0.29) is 18.7 Å². The molecule has 0 saturated heterocycles. The summed E-state index contributed by atoms with van der Waals surface area (Å²) in [6.45, 7) is 4.16. The van der Waals surface area contributed by atoms with Crippen LogP contribution < -0.4 is 5.32 Å². The second-order valence-electron chi connectivity index (χ2n) is 4.00. The van der Waals surface area contributed by atoms with Gasteiger partial charge in [-0.05, 0) is 44.4 Å². The van der Waals surface area contributed by atoms with E-state index in [0.29, 0.717) is 0 Å². The maximum absolute atomic E-state index is 9.25. The molecule has 0 amide bonds. The van der Waals surface area contributed by atoms with Gasteiger partial charge in [0.1, 0.15) is 11.5 Å². The molecule has 2 unspecified atom stereocenters. The van der Waals surface area contributed by atoms with Gasteiger partial charge < -0.3 is 14.8 Å². The van der Waals surface area contributed by atoms with Gasteiger partial charge in [-0.1, -0.05) is 0 Å². The van der Waals surface area contributed by atoms with Crippen LogP contribution in [0.1, 0.15) is 30.9 Å². The minimum Gasteiger partial charge on any atom is -0.465 e. The average molecular weight is 243 g/mol. The molecule has 0 spiro atoms. The molecule has 4 heteroatoms. The highest BCUT2D eigenvalue weighted by Gasteiger charge is 2.14. The van der Waals surface area contributed by atoms with E-state index in [4.69, 9.17) is 4.42 Å². The summed E-state index contributed by atoms with van der Waals surface area (Å²) in [5, 5.41) is 12.6. The molecule has 2 atom stereocenters. The van der Waals surface area contributed by atoms with Crippen molar-refractivity contribution in [3.8, 4) is 0 Å². The maximum atomic E-state index is 9.25. The van der Waals surface area contributed by atoms with Gasteiger partial charge in [0.15, 0.2) is 0 Å². The van der Waals surface area contributed by atoms with Crippen LogP contribution in [0.4, 0.5) is 0 Å². The molecule has 0 aliphatic carbocycles. The van der Waals surface area contributed by atoms with Crippen LogP contribution in [0.15, 0.2) is 16.5 Å². The van der Waals surface area contributed by atoms with Crippen molar-refractivity contribution in [3.63, 3.8) is 0 Å². The molecule has 0 radical (unpaired) electrons. The Morgan fingerprint density at radius 3 is 2.75 bits per heavy atom. The highest BCUT2D eigenvalue weighted by Crippen LogP contribution is 2.16. The topological polar surface area (TPSA) is 45.4 Å². The SMILES string of the molecule is CSCCC(CO)NC(C)c1ccc(C)o1. The van der Waals surface area contributed by atoms with Gasteiger partial charge in [-0.3, -0.25) is 0 Å². The lowest BCUT2D eigenvalue weighted by Gasteiger charge is -2.20. The van der Waals surface area contributed by atoms with E-state index in [2.05, 4.69) is 18.5 Å². The summed E-state index contributed by atoms with van der Waals surface area (Å²) in [5.41, 5.74) is 0. The Bertz CT molecular complexity index is 301. The van der Waals surface area contributed by atoms with Crippen LogP contribution in [0.25, 0.3) is 0 Å². The Morgan fingerprint density at radius 1 is 1.50 bits per heavy atom. The van der Waals surface area contributed by atoms with Crippen molar-refractivity contribution in [2.75, 3.05) is 18.6 Å². The van der Waals surface area contributed by atoms with Crippen molar-refractivity contribution >= 4 is 11.8 Å². The predicted octanol–water partition coefficient (Wildman–Crippen LogP) is 2.35. The van der Waals surface area contributed by atoms with Crippen molar-refractivity contribution in [1.29, 1.82) is 0 Å². The first-order chi connectivity index (χ1) is 7.67. The predicted molar refractivity (Wildman–Crippen MR) is 68.9 cm³/mol. The third-order valence-electron chi connectivity index (χ3n) is 2.56. The molecule has 3 nitrogen and oxygen atoms in total. The summed E-state index contributed by atoms with van der Waals surface area (Å²) in [5.74, 6) is 2.91. The second kappa shape index (κ2) is 6.99. The number of thioether (sulfide) groups is 1. The van der Waals surface area contributed by atoms with E-state index >= 15 is 0 Å². The zero-order valence-corrected chi connectivity index (χ0v) is 11.0. The Labute approximate surface area is 102 Å². The Hall–Kier alpha value is -0.450. The normalized spacial score (nSPS) is 15.0.